The van der Waals surface area contributed by atoms with E-state index in [0.29, 0.717) is 16.9 Å². The van der Waals surface area contributed by atoms with Gasteiger partial charge in [-0.05, 0) is 19.1 Å². The number of benzene rings is 2. The molecule has 0 fully saturated rings. The van der Waals surface area contributed by atoms with Crippen LogP contribution in [0.5, 0.6) is 11.5 Å². The standard InChI is InChI=1S/C15H15FO3/c1-10(18)12-6-4-7-13(16)15(12)19-14-8-3-2-5-11(14)9-17/h2-8,10,17-18H,9H2,1H3. The van der Waals surface area contributed by atoms with Crippen LogP contribution >= 0.6 is 0 Å². The van der Waals surface area contributed by atoms with Crippen molar-refractivity contribution in [3.8, 4) is 11.5 Å². The Labute approximate surface area is 110 Å². The lowest BCUT2D eigenvalue weighted by Gasteiger charge is -2.15. The van der Waals surface area contributed by atoms with Gasteiger partial charge in [-0.1, -0.05) is 30.3 Å². The molecule has 0 aliphatic heterocycles. The first-order valence-electron chi connectivity index (χ1n) is 5.96. The summed E-state index contributed by atoms with van der Waals surface area (Å²) >= 11 is 0. The molecule has 0 saturated heterocycles. The van der Waals surface area contributed by atoms with Crippen molar-refractivity contribution in [1.29, 1.82) is 0 Å². The zero-order valence-corrected chi connectivity index (χ0v) is 10.5. The number of hydrogen-bond donors (Lipinski definition) is 2. The third-order valence-corrected chi connectivity index (χ3v) is 2.80. The van der Waals surface area contributed by atoms with Gasteiger partial charge in [-0.15, -0.1) is 0 Å². The summed E-state index contributed by atoms with van der Waals surface area (Å²) in [5, 5.41) is 18.9. The summed E-state index contributed by atoms with van der Waals surface area (Å²) < 4.78 is 19.4. The monoisotopic (exact) mass is 262 g/mol. The molecule has 19 heavy (non-hydrogen) atoms. The van der Waals surface area contributed by atoms with Crippen LogP contribution in [-0.4, -0.2) is 10.2 Å². The van der Waals surface area contributed by atoms with Crippen molar-refractivity contribution >= 4 is 0 Å². The van der Waals surface area contributed by atoms with Crippen LogP contribution in [0.25, 0.3) is 0 Å². The molecule has 0 bridgehead atoms. The molecule has 3 nitrogen and oxygen atoms in total. The molecule has 0 amide bonds. The highest BCUT2D eigenvalue weighted by molar-refractivity contribution is 5.42. The Hall–Kier alpha value is -1.91. The highest BCUT2D eigenvalue weighted by Crippen LogP contribution is 2.33. The summed E-state index contributed by atoms with van der Waals surface area (Å²) in [5.41, 5.74) is 0.926. The maximum atomic E-state index is 13.8. The van der Waals surface area contributed by atoms with Crippen molar-refractivity contribution in [2.75, 3.05) is 0 Å². The lowest BCUT2D eigenvalue weighted by molar-refractivity contribution is 0.194. The number of para-hydroxylation sites is 2. The molecule has 2 N–H and O–H groups in total. The minimum Gasteiger partial charge on any atom is -0.454 e. The minimum atomic E-state index is -0.841. The fourth-order valence-corrected chi connectivity index (χ4v) is 1.81. The molecule has 0 aromatic heterocycles. The maximum absolute atomic E-state index is 13.8. The Morgan fingerprint density at radius 3 is 2.58 bits per heavy atom. The van der Waals surface area contributed by atoms with E-state index in [-0.39, 0.29) is 12.4 Å². The average Bonchev–Trinajstić information content (AvgIpc) is 2.41. The molecule has 1 unspecified atom stereocenters. The van der Waals surface area contributed by atoms with Crippen molar-refractivity contribution in [3.05, 3.63) is 59.4 Å². The predicted molar refractivity (Wildman–Crippen MR) is 69.5 cm³/mol. The molecule has 0 aliphatic rings. The van der Waals surface area contributed by atoms with E-state index in [1.54, 1.807) is 37.3 Å². The summed E-state index contributed by atoms with van der Waals surface area (Å²) in [7, 11) is 0. The van der Waals surface area contributed by atoms with Gasteiger partial charge < -0.3 is 14.9 Å². The zero-order valence-electron chi connectivity index (χ0n) is 10.5. The predicted octanol–water partition coefficient (Wildman–Crippen LogP) is 3.16. The molecule has 0 saturated carbocycles. The minimum absolute atomic E-state index is 0.0154. The van der Waals surface area contributed by atoms with Gasteiger partial charge in [0.2, 0.25) is 0 Å². The van der Waals surface area contributed by atoms with Crippen molar-refractivity contribution in [3.63, 3.8) is 0 Å². The van der Waals surface area contributed by atoms with Crippen LogP contribution in [-0.2, 0) is 6.61 Å². The summed E-state index contributed by atoms with van der Waals surface area (Å²) in [6.45, 7) is 1.34. The van der Waals surface area contributed by atoms with Crippen molar-refractivity contribution in [2.24, 2.45) is 0 Å². The first-order chi connectivity index (χ1) is 9.13. The Morgan fingerprint density at radius 2 is 1.89 bits per heavy atom. The van der Waals surface area contributed by atoms with Gasteiger partial charge in [-0.2, -0.15) is 0 Å². The second kappa shape index (κ2) is 5.82. The van der Waals surface area contributed by atoms with Gasteiger partial charge in [-0.25, -0.2) is 4.39 Å². The van der Waals surface area contributed by atoms with Gasteiger partial charge in [0.25, 0.3) is 0 Å². The van der Waals surface area contributed by atoms with E-state index >= 15 is 0 Å². The van der Waals surface area contributed by atoms with Gasteiger partial charge in [-0.3, -0.25) is 0 Å². The molecule has 2 aromatic carbocycles. The van der Waals surface area contributed by atoms with E-state index in [2.05, 4.69) is 0 Å². The van der Waals surface area contributed by atoms with E-state index in [4.69, 9.17) is 4.74 Å². The molecule has 2 aromatic rings. The first-order valence-corrected chi connectivity index (χ1v) is 5.96. The van der Waals surface area contributed by atoms with E-state index in [1.807, 2.05) is 0 Å². The van der Waals surface area contributed by atoms with Crippen LogP contribution in [0, 0.1) is 5.82 Å². The number of hydrogen-bond acceptors (Lipinski definition) is 3. The van der Waals surface area contributed by atoms with E-state index in [0.717, 1.165) is 0 Å². The quantitative estimate of drug-likeness (QED) is 0.889. The van der Waals surface area contributed by atoms with Crippen LogP contribution < -0.4 is 4.74 Å². The molecule has 4 heteroatoms. The molecule has 0 radical (unpaired) electrons. The van der Waals surface area contributed by atoms with Crippen molar-refractivity contribution in [1.82, 2.24) is 0 Å². The lowest BCUT2D eigenvalue weighted by Crippen LogP contribution is -2.00. The van der Waals surface area contributed by atoms with Crippen molar-refractivity contribution < 1.29 is 19.3 Å². The Balaban J connectivity index is 2.43. The smallest absolute Gasteiger partial charge is 0.168 e. The molecule has 0 heterocycles. The molecular formula is C15H15FO3. The van der Waals surface area contributed by atoms with Crippen LogP contribution in [0.4, 0.5) is 4.39 Å². The highest BCUT2D eigenvalue weighted by atomic mass is 19.1. The van der Waals surface area contributed by atoms with Gasteiger partial charge in [0.15, 0.2) is 11.6 Å². The topological polar surface area (TPSA) is 49.7 Å². The number of ether oxygens (including phenoxy) is 1. The molecule has 2 rings (SSSR count). The molecular weight excluding hydrogens is 247 g/mol. The second-order valence-corrected chi connectivity index (χ2v) is 4.20. The number of aliphatic hydroxyl groups excluding tert-OH is 2. The van der Waals surface area contributed by atoms with Crippen molar-refractivity contribution in [2.45, 2.75) is 19.6 Å². The molecule has 0 aliphatic carbocycles. The van der Waals surface area contributed by atoms with Crippen LogP contribution in [0.15, 0.2) is 42.5 Å². The number of halogens is 1. The normalized spacial score (nSPS) is 12.2. The third-order valence-electron chi connectivity index (χ3n) is 2.80. The molecule has 1 atom stereocenters. The zero-order chi connectivity index (χ0) is 13.8. The largest absolute Gasteiger partial charge is 0.454 e. The van der Waals surface area contributed by atoms with Gasteiger partial charge in [0.1, 0.15) is 5.75 Å². The highest BCUT2D eigenvalue weighted by Gasteiger charge is 2.15. The number of aliphatic hydroxyl groups is 2. The number of rotatable bonds is 4. The summed E-state index contributed by atoms with van der Waals surface area (Å²) in [6.07, 6.45) is -0.841. The van der Waals surface area contributed by atoms with E-state index in [1.165, 1.54) is 12.1 Å². The fraction of sp³-hybridized carbons (Fsp3) is 0.200. The average molecular weight is 262 g/mol. The van der Waals surface area contributed by atoms with Gasteiger partial charge in [0, 0.05) is 11.1 Å². The van der Waals surface area contributed by atoms with E-state index < -0.39 is 11.9 Å². The molecule has 100 valence electrons. The van der Waals surface area contributed by atoms with Crippen LogP contribution in [0.3, 0.4) is 0 Å². The first kappa shape index (κ1) is 13.5. The third kappa shape index (κ3) is 2.92. The van der Waals surface area contributed by atoms with Gasteiger partial charge in [0.05, 0.1) is 12.7 Å². The molecule has 0 spiro atoms. The van der Waals surface area contributed by atoms with E-state index in [9.17, 15) is 14.6 Å². The summed E-state index contributed by atoms with van der Waals surface area (Å²) in [5.74, 6) is -0.193. The summed E-state index contributed by atoms with van der Waals surface area (Å²) in [6, 6.07) is 11.2. The van der Waals surface area contributed by atoms with Crippen LogP contribution in [0.2, 0.25) is 0 Å². The Bertz CT molecular complexity index is 567. The van der Waals surface area contributed by atoms with Crippen LogP contribution in [0.1, 0.15) is 24.2 Å². The summed E-state index contributed by atoms with van der Waals surface area (Å²) in [4.78, 5) is 0. The SMILES string of the molecule is CC(O)c1cccc(F)c1Oc1ccccc1CO. The van der Waals surface area contributed by atoms with Gasteiger partial charge >= 0.3 is 0 Å². The second-order valence-electron chi connectivity index (χ2n) is 4.20. The lowest BCUT2D eigenvalue weighted by atomic mass is 10.1. The Morgan fingerprint density at radius 1 is 1.16 bits per heavy atom. The maximum Gasteiger partial charge on any atom is 0.168 e. The fourth-order valence-electron chi connectivity index (χ4n) is 1.81. The Kier molecular flexibility index (Phi) is 4.14.